The fraction of sp³-hybridized carbons (Fsp3) is 0.357. The molecule has 0 bridgehead atoms. The van der Waals surface area contributed by atoms with E-state index in [-0.39, 0.29) is 5.82 Å². The monoisotopic (exact) mass is 262 g/mol. The molecule has 0 unspecified atom stereocenters. The summed E-state index contributed by atoms with van der Waals surface area (Å²) < 4.78 is 15.8. The summed E-state index contributed by atoms with van der Waals surface area (Å²) in [5.74, 6) is 0.760. The van der Waals surface area contributed by atoms with Gasteiger partial charge in [-0.05, 0) is 18.7 Å². The highest BCUT2D eigenvalue weighted by Gasteiger charge is 2.09. The number of hydrogen-bond acceptors (Lipinski definition) is 3. The summed E-state index contributed by atoms with van der Waals surface area (Å²) in [7, 11) is 3.90. The molecule has 0 aliphatic carbocycles. The van der Waals surface area contributed by atoms with E-state index >= 15 is 0 Å². The van der Waals surface area contributed by atoms with E-state index in [0.717, 1.165) is 11.4 Å². The van der Waals surface area contributed by atoms with Gasteiger partial charge >= 0.3 is 0 Å². The lowest BCUT2D eigenvalue weighted by Gasteiger charge is -2.17. The fourth-order valence-corrected chi connectivity index (χ4v) is 1.98. The van der Waals surface area contributed by atoms with Crippen LogP contribution in [0.1, 0.15) is 17.0 Å². The Balaban J connectivity index is 2.03. The number of imidazole rings is 1. The Morgan fingerprint density at radius 1 is 1.37 bits per heavy atom. The fourth-order valence-electron chi connectivity index (χ4n) is 1.98. The van der Waals surface area contributed by atoms with Crippen LogP contribution in [0.25, 0.3) is 0 Å². The molecular weight excluding hydrogens is 243 g/mol. The number of nitrogens with zero attached hydrogens (tertiary/aromatic N) is 3. The predicted molar refractivity (Wildman–Crippen MR) is 72.7 cm³/mol. The number of benzene rings is 1. The number of nitrogens with two attached hydrogens (primary N) is 1. The largest absolute Gasteiger partial charge is 0.337 e. The van der Waals surface area contributed by atoms with Crippen molar-refractivity contribution in [3.8, 4) is 0 Å². The van der Waals surface area contributed by atoms with Crippen LogP contribution in [0.5, 0.6) is 0 Å². The molecule has 0 saturated heterocycles. The third-order valence-corrected chi connectivity index (χ3v) is 3.13. The molecule has 1 aromatic carbocycles. The lowest BCUT2D eigenvalue weighted by molar-refractivity contribution is 0.302. The summed E-state index contributed by atoms with van der Waals surface area (Å²) in [5, 5.41) is 0. The molecule has 1 aromatic heterocycles. The molecule has 0 aliphatic heterocycles. The van der Waals surface area contributed by atoms with Crippen molar-refractivity contribution in [1.29, 1.82) is 0 Å². The SMILES string of the molecule is CN(Cc1ccc(CN)cc1F)Cc1nccn1C. The van der Waals surface area contributed by atoms with E-state index in [0.29, 0.717) is 25.2 Å². The number of hydrogen-bond donors (Lipinski definition) is 1. The quantitative estimate of drug-likeness (QED) is 0.891. The Hall–Kier alpha value is -1.72. The van der Waals surface area contributed by atoms with Crippen LogP contribution in [0.3, 0.4) is 0 Å². The van der Waals surface area contributed by atoms with Gasteiger partial charge in [0.15, 0.2) is 0 Å². The second kappa shape index (κ2) is 5.95. The molecule has 0 saturated carbocycles. The molecule has 0 atom stereocenters. The first-order chi connectivity index (χ1) is 9.10. The topological polar surface area (TPSA) is 47.1 Å². The first-order valence-electron chi connectivity index (χ1n) is 6.22. The first kappa shape index (κ1) is 13.7. The average molecular weight is 262 g/mol. The summed E-state index contributed by atoms with van der Waals surface area (Å²) in [6.45, 7) is 1.59. The van der Waals surface area contributed by atoms with E-state index < -0.39 is 0 Å². The molecule has 0 fully saturated rings. The van der Waals surface area contributed by atoms with Crippen LogP contribution in [0.4, 0.5) is 4.39 Å². The van der Waals surface area contributed by atoms with Gasteiger partial charge in [-0.25, -0.2) is 9.37 Å². The highest BCUT2D eigenvalue weighted by molar-refractivity contribution is 5.24. The Morgan fingerprint density at radius 2 is 2.16 bits per heavy atom. The van der Waals surface area contributed by atoms with Gasteiger partial charge in [-0.2, -0.15) is 0 Å². The molecule has 19 heavy (non-hydrogen) atoms. The number of halogens is 1. The van der Waals surface area contributed by atoms with Gasteiger partial charge in [0, 0.05) is 38.1 Å². The molecule has 4 nitrogen and oxygen atoms in total. The Labute approximate surface area is 112 Å². The van der Waals surface area contributed by atoms with Gasteiger partial charge in [-0.1, -0.05) is 12.1 Å². The lowest BCUT2D eigenvalue weighted by Crippen LogP contribution is -2.20. The summed E-state index contributed by atoms with van der Waals surface area (Å²) in [5.41, 5.74) is 6.98. The number of aromatic nitrogens is 2. The van der Waals surface area contributed by atoms with Crippen molar-refractivity contribution >= 4 is 0 Å². The van der Waals surface area contributed by atoms with E-state index in [2.05, 4.69) is 4.98 Å². The van der Waals surface area contributed by atoms with Gasteiger partial charge < -0.3 is 10.3 Å². The minimum atomic E-state index is -0.199. The maximum absolute atomic E-state index is 13.9. The van der Waals surface area contributed by atoms with Crippen LogP contribution in [0.2, 0.25) is 0 Å². The zero-order valence-corrected chi connectivity index (χ0v) is 11.3. The second-order valence-electron chi connectivity index (χ2n) is 4.76. The van der Waals surface area contributed by atoms with Crippen LogP contribution in [-0.4, -0.2) is 21.5 Å². The normalized spacial score (nSPS) is 11.2. The van der Waals surface area contributed by atoms with Crippen LogP contribution in [0.15, 0.2) is 30.6 Å². The van der Waals surface area contributed by atoms with Crippen LogP contribution < -0.4 is 5.73 Å². The van der Waals surface area contributed by atoms with Crippen LogP contribution in [-0.2, 0) is 26.7 Å². The molecule has 102 valence electrons. The third kappa shape index (κ3) is 3.39. The second-order valence-corrected chi connectivity index (χ2v) is 4.76. The first-order valence-corrected chi connectivity index (χ1v) is 6.22. The maximum Gasteiger partial charge on any atom is 0.128 e. The molecule has 2 aromatic rings. The molecular formula is C14H19FN4. The molecule has 5 heteroatoms. The zero-order valence-electron chi connectivity index (χ0n) is 11.3. The van der Waals surface area contributed by atoms with Crippen molar-refractivity contribution in [1.82, 2.24) is 14.5 Å². The minimum Gasteiger partial charge on any atom is -0.337 e. The summed E-state index contributed by atoms with van der Waals surface area (Å²) >= 11 is 0. The predicted octanol–water partition coefficient (Wildman–Crippen LogP) is 1.65. The molecule has 0 amide bonds. The highest BCUT2D eigenvalue weighted by atomic mass is 19.1. The van der Waals surface area contributed by atoms with Gasteiger partial charge in [0.1, 0.15) is 11.6 Å². The van der Waals surface area contributed by atoms with E-state index in [4.69, 9.17) is 5.73 Å². The van der Waals surface area contributed by atoms with Crippen molar-refractivity contribution in [2.24, 2.45) is 12.8 Å². The van der Waals surface area contributed by atoms with Crippen molar-refractivity contribution in [2.75, 3.05) is 7.05 Å². The van der Waals surface area contributed by atoms with Crippen molar-refractivity contribution in [3.05, 3.63) is 53.4 Å². The highest BCUT2D eigenvalue weighted by Crippen LogP contribution is 2.13. The lowest BCUT2D eigenvalue weighted by atomic mass is 10.1. The van der Waals surface area contributed by atoms with E-state index in [9.17, 15) is 4.39 Å². The summed E-state index contributed by atoms with van der Waals surface area (Å²) in [4.78, 5) is 6.29. The molecule has 0 spiro atoms. The maximum atomic E-state index is 13.9. The Kier molecular flexibility index (Phi) is 4.29. The van der Waals surface area contributed by atoms with Crippen molar-refractivity contribution in [2.45, 2.75) is 19.6 Å². The van der Waals surface area contributed by atoms with Gasteiger partial charge in [0.05, 0.1) is 6.54 Å². The molecule has 0 aliphatic rings. The molecule has 1 heterocycles. The van der Waals surface area contributed by atoms with Crippen molar-refractivity contribution in [3.63, 3.8) is 0 Å². The van der Waals surface area contributed by atoms with Crippen LogP contribution >= 0.6 is 0 Å². The Bertz CT molecular complexity index is 550. The standard InChI is InChI=1S/C14H19FN4/c1-18(10-14-17-5-6-19(14)2)9-12-4-3-11(8-16)7-13(12)15/h3-7H,8-10,16H2,1-2H3. The molecule has 2 N–H and O–H groups in total. The van der Waals surface area contributed by atoms with Crippen molar-refractivity contribution < 1.29 is 4.39 Å². The summed E-state index contributed by atoms with van der Waals surface area (Å²) in [6, 6.07) is 5.17. The smallest absolute Gasteiger partial charge is 0.128 e. The van der Waals surface area contributed by atoms with E-state index in [1.54, 1.807) is 12.3 Å². The minimum absolute atomic E-state index is 0.199. The van der Waals surface area contributed by atoms with E-state index in [1.165, 1.54) is 6.07 Å². The summed E-state index contributed by atoms with van der Waals surface area (Å²) in [6.07, 6.45) is 3.67. The zero-order chi connectivity index (χ0) is 13.8. The van der Waals surface area contributed by atoms with E-state index in [1.807, 2.05) is 35.8 Å². The molecule has 0 radical (unpaired) electrons. The average Bonchev–Trinajstić information content (AvgIpc) is 2.77. The van der Waals surface area contributed by atoms with Gasteiger partial charge in [0.25, 0.3) is 0 Å². The number of aryl methyl sites for hydroxylation is 1. The number of rotatable bonds is 5. The van der Waals surface area contributed by atoms with Gasteiger partial charge in [-0.15, -0.1) is 0 Å². The van der Waals surface area contributed by atoms with Gasteiger partial charge in [-0.3, -0.25) is 4.90 Å². The van der Waals surface area contributed by atoms with Crippen LogP contribution in [0, 0.1) is 5.82 Å². The molecule has 2 rings (SSSR count). The van der Waals surface area contributed by atoms with Gasteiger partial charge in [0.2, 0.25) is 0 Å². The third-order valence-electron chi connectivity index (χ3n) is 3.13. The Morgan fingerprint density at radius 3 is 2.74 bits per heavy atom.